The van der Waals surface area contributed by atoms with Crippen LogP contribution in [0.25, 0.3) is 16.2 Å². The number of hydrogen-bond donors (Lipinski definition) is 1. The van der Waals surface area contributed by atoms with Gasteiger partial charge >= 0.3 is 0 Å². The fraction of sp³-hybridized carbons (Fsp3) is 0. The molecule has 0 aliphatic carbocycles. The highest BCUT2D eigenvalue weighted by atomic mass is 32.2. The molecule has 0 fully saturated rings. The van der Waals surface area contributed by atoms with Gasteiger partial charge in [-0.25, -0.2) is 0 Å². The summed E-state index contributed by atoms with van der Waals surface area (Å²) in [4.78, 5) is 14.7. The molecule has 3 aromatic rings. The number of allylic oxidation sites excluding steroid dienone is 1. The first-order chi connectivity index (χ1) is 10.2. The van der Waals surface area contributed by atoms with Crippen LogP contribution in [0.15, 0.2) is 58.3 Å². The van der Waals surface area contributed by atoms with Crippen LogP contribution in [0.4, 0.5) is 0 Å². The topological polar surface area (TPSA) is 37.3 Å². The second kappa shape index (κ2) is 4.76. The summed E-state index contributed by atoms with van der Waals surface area (Å²) in [6.45, 7) is 0. The van der Waals surface area contributed by atoms with Crippen molar-refractivity contribution < 1.29 is 9.90 Å². The standard InChI is InChI=1S/C17H10O2S2/c18-16-10-5-1-3-7-12(10)20-14(16)9-15-17(19)11-6-2-4-8-13(11)21-15/h1-9,18H. The molecule has 0 unspecified atom stereocenters. The number of benzene rings is 2. The van der Waals surface area contributed by atoms with Crippen molar-refractivity contribution in [1.82, 2.24) is 0 Å². The van der Waals surface area contributed by atoms with E-state index in [1.54, 1.807) is 6.08 Å². The van der Waals surface area contributed by atoms with E-state index in [4.69, 9.17) is 0 Å². The number of thioether (sulfide) groups is 1. The minimum atomic E-state index is 0.0347. The zero-order valence-corrected chi connectivity index (χ0v) is 12.5. The predicted molar refractivity (Wildman–Crippen MR) is 88.1 cm³/mol. The molecule has 0 saturated carbocycles. The normalized spacial score (nSPS) is 15.8. The summed E-state index contributed by atoms with van der Waals surface area (Å²) in [5, 5.41) is 11.1. The molecule has 1 N–H and O–H groups in total. The highest BCUT2D eigenvalue weighted by molar-refractivity contribution is 8.04. The van der Waals surface area contributed by atoms with Crippen molar-refractivity contribution in [1.29, 1.82) is 0 Å². The van der Waals surface area contributed by atoms with E-state index < -0.39 is 0 Å². The van der Waals surface area contributed by atoms with Gasteiger partial charge in [0.25, 0.3) is 0 Å². The van der Waals surface area contributed by atoms with Gasteiger partial charge in [-0.1, -0.05) is 36.0 Å². The van der Waals surface area contributed by atoms with Gasteiger partial charge in [0.15, 0.2) is 0 Å². The van der Waals surface area contributed by atoms with Crippen LogP contribution in [0.3, 0.4) is 0 Å². The number of hydrogen-bond acceptors (Lipinski definition) is 4. The molecule has 1 aliphatic rings. The lowest BCUT2D eigenvalue weighted by atomic mass is 10.1. The van der Waals surface area contributed by atoms with Gasteiger partial charge in [0.05, 0.1) is 9.78 Å². The largest absolute Gasteiger partial charge is 0.506 e. The fourth-order valence-corrected chi connectivity index (χ4v) is 4.55. The zero-order valence-electron chi connectivity index (χ0n) is 10.9. The molecular formula is C17H10O2S2. The number of aromatic hydroxyl groups is 1. The van der Waals surface area contributed by atoms with E-state index in [0.717, 1.165) is 25.4 Å². The SMILES string of the molecule is O=C1C(=Cc2sc3ccccc3c2O)Sc2ccccc21. The number of Topliss-reactive ketones (excluding diaryl/α,β-unsaturated/α-hetero) is 1. The average molecular weight is 310 g/mol. The molecule has 2 heterocycles. The maximum Gasteiger partial charge on any atom is 0.200 e. The Morgan fingerprint density at radius 1 is 1.00 bits per heavy atom. The lowest BCUT2D eigenvalue weighted by Crippen LogP contribution is -1.93. The number of fused-ring (bicyclic) bond motifs is 2. The molecule has 4 heteroatoms. The maximum absolute atomic E-state index is 12.4. The molecule has 21 heavy (non-hydrogen) atoms. The molecule has 0 amide bonds. The van der Waals surface area contributed by atoms with Gasteiger partial charge in [-0.3, -0.25) is 4.79 Å². The summed E-state index contributed by atoms with van der Waals surface area (Å²) in [6.07, 6.45) is 1.80. The molecular weight excluding hydrogens is 300 g/mol. The van der Waals surface area contributed by atoms with Crippen molar-refractivity contribution in [2.24, 2.45) is 0 Å². The van der Waals surface area contributed by atoms with Gasteiger partial charge in [-0.15, -0.1) is 11.3 Å². The first-order valence-electron chi connectivity index (χ1n) is 6.48. The quantitative estimate of drug-likeness (QED) is 0.647. The summed E-state index contributed by atoms with van der Waals surface area (Å²) >= 11 is 2.96. The molecule has 0 atom stereocenters. The van der Waals surface area contributed by atoms with Gasteiger partial charge in [0, 0.05) is 20.5 Å². The van der Waals surface area contributed by atoms with E-state index in [1.807, 2.05) is 48.5 Å². The van der Waals surface area contributed by atoms with Crippen molar-refractivity contribution in [3.8, 4) is 5.75 Å². The van der Waals surface area contributed by atoms with Crippen LogP contribution in [0.2, 0.25) is 0 Å². The second-order valence-corrected chi connectivity index (χ2v) is 6.91. The van der Waals surface area contributed by atoms with Crippen LogP contribution >= 0.6 is 23.1 Å². The van der Waals surface area contributed by atoms with Crippen molar-refractivity contribution in [3.05, 3.63) is 63.9 Å². The summed E-state index contributed by atoms with van der Waals surface area (Å²) in [6, 6.07) is 15.3. The van der Waals surface area contributed by atoms with Crippen molar-refractivity contribution in [2.45, 2.75) is 4.90 Å². The Morgan fingerprint density at radius 3 is 2.57 bits per heavy atom. The van der Waals surface area contributed by atoms with Crippen molar-refractivity contribution >= 4 is 45.0 Å². The van der Waals surface area contributed by atoms with Crippen LogP contribution in [-0.4, -0.2) is 10.9 Å². The lowest BCUT2D eigenvalue weighted by molar-refractivity contribution is 0.104. The molecule has 4 rings (SSSR count). The van der Waals surface area contributed by atoms with E-state index in [9.17, 15) is 9.90 Å². The van der Waals surface area contributed by atoms with Gasteiger partial charge < -0.3 is 5.11 Å². The Morgan fingerprint density at radius 2 is 1.76 bits per heavy atom. The number of carbonyl (C=O) groups excluding carboxylic acids is 1. The minimum absolute atomic E-state index is 0.0347. The third-order valence-electron chi connectivity index (χ3n) is 3.43. The van der Waals surface area contributed by atoms with Gasteiger partial charge in [-0.05, 0) is 30.3 Å². The van der Waals surface area contributed by atoms with E-state index >= 15 is 0 Å². The molecule has 2 nitrogen and oxygen atoms in total. The average Bonchev–Trinajstić information content (AvgIpc) is 2.99. The third-order valence-corrected chi connectivity index (χ3v) is 5.64. The third kappa shape index (κ3) is 1.99. The predicted octanol–water partition coefficient (Wildman–Crippen LogP) is 4.94. The van der Waals surface area contributed by atoms with E-state index in [1.165, 1.54) is 23.1 Å². The van der Waals surface area contributed by atoms with Crippen LogP contribution in [0.5, 0.6) is 5.75 Å². The minimum Gasteiger partial charge on any atom is -0.506 e. The van der Waals surface area contributed by atoms with Crippen LogP contribution in [0, 0.1) is 0 Å². The van der Waals surface area contributed by atoms with Crippen molar-refractivity contribution in [3.63, 3.8) is 0 Å². The Bertz CT molecular complexity index is 906. The zero-order chi connectivity index (χ0) is 14.4. The molecule has 0 saturated heterocycles. The van der Waals surface area contributed by atoms with Crippen LogP contribution < -0.4 is 0 Å². The maximum atomic E-state index is 12.4. The summed E-state index contributed by atoms with van der Waals surface area (Å²) < 4.78 is 1.02. The summed E-state index contributed by atoms with van der Waals surface area (Å²) in [7, 11) is 0. The first kappa shape index (κ1) is 12.7. The van der Waals surface area contributed by atoms with Gasteiger partial charge in [-0.2, -0.15) is 0 Å². The summed E-state index contributed by atoms with van der Waals surface area (Å²) in [5.74, 6) is 0.292. The second-order valence-electron chi connectivity index (χ2n) is 4.75. The molecule has 0 bridgehead atoms. The monoisotopic (exact) mass is 310 g/mol. The molecule has 1 aliphatic heterocycles. The van der Waals surface area contributed by atoms with Crippen LogP contribution in [-0.2, 0) is 0 Å². The van der Waals surface area contributed by atoms with E-state index in [-0.39, 0.29) is 11.5 Å². The number of ketones is 1. The number of thiophene rings is 1. The number of rotatable bonds is 1. The van der Waals surface area contributed by atoms with Crippen molar-refractivity contribution in [2.75, 3.05) is 0 Å². The van der Waals surface area contributed by atoms with E-state index in [0.29, 0.717) is 4.91 Å². The number of carbonyl (C=O) groups is 1. The molecule has 2 aromatic carbocycles. The Balaban J connectivity index is 1.82. The highest BCUT2D eigenvalue weighted by Crippen LogP contribution is 2.44. The Hall–Kier alpha value is -2.04. The lowest BCUT2D eigenvalue weighted by Gasteiger charge is -1.94. The smallest absolute Gasteiger partial charge is 0.200 e. The van der Waals surface area contributed by atoms with Gasteiger partial charge in [0.2, 0.25) is 5.78 Å². The molecule has 0 radical (unpaired) electrons. The summed E-state index contributed by atoms with van der Waals surface area (Å²) in [5.41, 5.74) is 0.745. The Kier molecular flexibility index (Phi) is 2.87. The molecule has 102 valence electrons. The fourth-order valence-electron chi connectivity index (χ4n) is 2.40. The van der Waals surface area contributed by atoms with Gasteiger partial charge in [0.1, 0.15) is 5.75 Å². The molecule has 0 spiro atoms. The van der Waals surface area contributed by atoms with E-state index in [2.05, 4.69) is 0 Å². The Labute approximate surface area is 129 Å². The van der Waals surface area contributed by atoms with Crippen LogP contribution in [0.1, 0.15) is 15.2 Å². The first-order valence-corrected chi connectivity index (χ1v) is 8.11. The highest BCUT2D eigenvalue weighted by Gasteiger charge is 2.25. The molecule has 1 aromatic heterocycles.